The standard InChI is InChI=1S/C22H23FN6OS/c1-14(12-24)16-3-6-20-27-21(15(2)22(30)29(20)13-16)26-19-5-4-17(11-18(19)23)31-28-9-7-25-8-10-28/h3-6,11-13,24-26H,1,7-10H2,2H3. The Hall–Kier alpha value is -3.01. The highest BCUT2D eigenvalue weighted by Crippen LogP contribution is 2.28. The molecule has 0 unspecified atom stereocenters. The van der Waals surface area contributed by atoms with Gasteiger partial charge < -0.3 is 16.0 Å². The number of rotatable bonds is 6. The maximum atomic E-state index is 14.8. The highest BCUT2D eigenvalue weighted by Gasteiger charge is 2.15. The number of allylic oxidation sites excluding steroid dienone is 1. The van der Waals surface area contributed by atoms with Crippen molar-refractivity contribution >= 4 is 40.9 Å². The molecule has 3 N–H and O–H groups in total. The maximum absolute atomic E-state index is 14.8. The Bertz CT molecular complexity index is 1220. The number of benzene rings is 1. The lowest BCUT2D eigenvalue weighted by Gasteiger charge is -2.25. The molecule has 0 atom stereocenters. The summed E-state index contributed by atoms with van der Waals surface area (Å²) >= 11 is 1.54. The molecule has 31 heavy (non-hydrogen) atoms. The third-order valence-corrected chi connectivity index (χ3v) is 6.19. The van der Waals surface area contributed by atoms with Gasteiger partial charge in [-0.25, -0.2) is 13.7 Å². The zero-order valence-electron chi connectivity index (χ0n) is 17.1. The molecule has 0 amide bonds. The first-order chi connectivity index (χ1) is 15.0. The fourth-order valence-corrected chi connectivity index (χ4v) is 4.24. The van der Waals surface area contributed by atoms with Crippen LogP contribution < -0.4 is 16.2 Å². The van der Waals surface area contributed by atoms with E-state index >= 15 is 0 Å². The molecule has 9 heteroatoms. The SMILES string of the molecule is C=C(C=N)c1ccc2nc(Nc3ccc(SN4CCNCC4)cc3F)c(C)c(=O)n2c1. The highest BCUT2D eigenvalue weighted by molar-refractivity contribution is 7.97. The van der Waals surface area contributed by atoms with Gasteiger partial charge in [0, 0.05) is 43.5 Å². The van der Waals surface area contributed by atoms with E-state index in [2.05, 4.69) is 26.5 Å². The number of hydrogen-bond acceptors (Lipinski definition) is 7. The van der Waals surface area contributed by atoms with Crippen molar-refractivity contribution in [1.82, 2.24) is 19.0 Å². The molecule has 1 aliphatic heterocycles. The second-order valence-electron chi connectivity index (χ2n) is 7.24. The van der Waals surface area contributed by atoms with Gasteiger partial charge in [0.05, 0.1) is 11.3 Å². The highest BCUT2D eigenvalue weighted by atomic mass is 32.2. The van der Waals surface area contributed by atoms with E-state index in [1.54, 1.807) is 43.3 Å². The number of fused-ring (bicyclic) bond motifs is 1. The van der Waals surface area contributed by atoms with Crippen LogP contribution in [0.3, 0.4) is 0 Å². The molecule has 0 spiro atoms. The summed E-state index contributed by atoms with van der Waals surface area (Å²) in [4.78, 5) is 18.2. The van der Waals surface area contributed by atoms with E-state index in [-0.39, 0.29) is 11.2 Å². The minimum Gasteiger partial charge on any atom is -0.337 e. The number of halogens is 1. The van der Waals surface area contributed by atoms with Gasteiger partial charge in [0.1, 0.15) is 17.3 Å². The monoisotopic (exact) mass is 438 g/mol. The van der Waals surface area contributed by atoms with E-state index in [0.717, 1.165) is 37.3 Å². The molecule has 1 fully saturated rings. The quantitative estimate of drug-likeness (QED) is 0.404. The van der Waals surface area contributed by atoms with Gasteiger partial charge in [-0.15, -0.1) is 0 Å². The molecule has 0 aliphatic carbocycles. The molecule has 4 rings (SSSR count). The first kappa shape index (κ1) is 21.2. The van der Waals surface area contributed by atoms with Gasteiger partial charge in [0.15, 0.2) is 0 Å². The molecule has 1 aliphatic rings. The van der Waals surface area contributed by atoms with Gasteiger partial charge in [0.25, 0.3) is 5.56 Å². The average molecular weight is 439 g/mol. The Morgan fingerprint density at radius 3 is 2.81 bits per heavy atom. The van der Waals surface area contributed by atoms with Crippen LogP contribution in [0.1, 0.15) is 11.1 Å². The lowest BCUT2D eigenvalue weighted by molar-refractivity contribution is 0.396. The Kier molecular flexibility index (Phi) is 6.17. The van der Waals surface area contributed by atoms with E-state index in [0.29, 0.717) is 28.2 Å². The van der Waals surface area contributed by atoms with Crippen molar-refractivity contribution in [2.75, 3.05) is 31.5 Å². The second-order valence-corrected chi connectivity index (χ2v) is 8.41. The van der Waals surface area contributed by atoms with Gasteiger partial charge in [0.2, 0.25) is 0 Å². The molecule has 0 radical (unpaired) electrons. The van der Waals surface area contributed by atoms with Crippen molar-refractivity contribution in [1.29, 1.82) is 5.41 Å². The zero-order valence-corrected chi connectivity index (χ0v) is 17.9. The van der Waals surface area contributed by atoms with E-state index < -0.39 is 5.82 Å². The number of nitrogens with one attached hydrogen (secondary N) is 3. The summed E-state index contributed by atoms with van der Waals surface area (Å²) in [5, 5.41) is 13.6. The predicted molar refractivity (Wildman–Crippen MR) is 124 cm³/mol. The van der Waals surface area contributed by atoms with Crippen LogP contribution in [-0.2, 0) is 0 Å². The van der Waals surface area contributed by atoms with E-state index in [1.807, 2.05) is 6.07 Å². The molecule has 0 saturated carbocycles. The van der Waals surface area contributed by atoms with Crippen LogP contribution in [-0.4, -0.2) is 46.1 Å². The lowest BCUT2D eigenvalue weighted by Crippen LogP contribution is -2.39. The second kappa shape index (κ2) is 9.01. The third-order valence-electron chi connectivity index (χ3n) is 5.10. The summed E-state index contributed by atoms with van der Waals surface area (Å²) in [6.45, 7) is 9.10. The van der Waals surface area contributed by atoms with Gasteiger partial charge in [-0.3, -0.25) is 9.20 Å². The topological polar surface area (TPSA) is 85.5 Å². The van der Waals surface area contributed by atoms with Crippen molar-refractivity contribution in [3.8, 4) is 0 Å². The zero-order chi connectivity index (χ0) is 22.0. The van der Waals surface area contributed by atoms with E-state index in [4.69, 9.17) is 5.41 Å². The Labute approximate surface area is 183 Å². The summed E-state index contributed by atoms with van der Waals surface area (Å²) in [5.41, 5.74) is 1.94. The largest absolute Gasteiger partial charge is 0.337 e. The Morgan fingerprint density at radius 1 is 1.32 bits per heavy atom. The number of anilines is 2. The normalized spacial score (nSPS) is 14.5. The summed E-state index contributed by atoms with van der Waals surface area (Å²) in [6, 6.07) is 8.45. The van der Waals surface area contributed by atoms with Crippen LogP contribution in [0, 0.1) is 18.2 Å². The number of hydrogen-bond donors (Lipinski definition) is 3. The summed E-state index contributed by atoms with van der Waals surface area (Å²) in [6.07, 6.45) is 2.74. The molecule has 1 aromatic carbocycles. The van der Waals surface area contributed by atoms with Crippen LogP contribution in [0.5, 0.6) is 0 Å². The fraction of sp³-hybridized carbons (Fsp3) is 0.227. The molecule has 3 heterocycles. The molecule has 7 nitrogen and oxygen atoms in total. The first-order valence-corrected chi connectivity index (χ1v) is 10.7. The Balaban J connectivity index is 1.60. The summed E-state index contributed by atoms with van der Waals surface area (Å²) < 4.78 is 18.4. The van der Waals surface area contributed by atoms with Crippen LogP contribution >= 0.6 is 11.9 Å². The molecule has 160 valence electrons. The molecule has 2 aromatic heterocycles. The van der Waals surface area contributed by atoms with Crippen LogP contribution in [0.2, 0.25) is 0 Å². The third kappa shape index (κ3) is 4.53. The smallest absolute Gasteiger partial charge is 0.262 e. The molecule has 3 aromatic rings. The Morgan fingerprint density at radius 2 is 2.10 bits per heavy atom. The molecular weight excluding hydrogens is 415 g/mol. The van der Waals surface area contributed by atoms with Crippen LogP contribution in [0.15, 0.2) is 52.8 Å². The van der Waals surface area contributed by atoms with Crippen molar-refractivity contribution < 1.29 is 4.39 Å². The minimum atomic E-state index is -0.404. The molecule has 0 bridgehead atoms. The number of pyridine rings is 1. The minimum absolute atomic E-state index is 0.262. The van der Waals surface area contributed by atoms with Crippen molar-refractivity contribution in [2.24, 2.45) is 0 Å². The van der Waals surface area contributed by atoms with Crippen LogP contribution in [0.4, 0.5) is 15.9 Å². The average Bonchev–Trinajstić information content (AvgIpc) is 2.79. The number of aromatic nitrogens is 2. The number of nitrogens with zero attached hydrogens (tertiary/aromatic N) is 3. The van der Waals surface area contributed by atoms with Crippen molar-refractivity contribution in [3.05, 3.63) is 70.4 Å². The summed E-state index contributed by atoms with van der Waals surface area (Å²) in [5.74, 6) is -0.0933. The lowest BCUT2D eigenvalue weighted by atomic mass is 10.1. The number of piperazine rings is 1. The van der Waals surface area contributed by atoms with Gasteiger partial charge in [-0.1, -0.05) is 6.58 Å². The maximum Gasteiger partial charge on any atom is 0.262 e. The first-order valence-electron chi connectivity index (χ1n) is 9.89. The van der Waals surface area contributed by atoms with E-state index in [1.165, 1.54) is 10.5 Å². The molecule has 1 saturated heterocycles. The van der Waals surface area contributed by atoms with Gasteiger partial charge >= 0.3 is 0 Å². The molecular formula is C22H23FN6OS. The van der Waals surface area contributed by atoms with Crippen molar-refractivity contribution in [3.63, 3.8) is 0 Å². The van der Waals surface area contributed by atoms with Gasteiger partial charge in [-0.2, -0.15) is 0 Å². The van der Waals surface area contributed by atoms with Gasteiger partial charge in [-0.05, 0) is 60.3 Å². The van der Waals surface area contributed by atoms with Crippen LogP contribution in [0.25, 0.3) is 11.2 Å². The fourth-order valence-electron chi connectivity index (χ4n) is 3.29. The summed E-state index contributed by atoms with van der Waals surface area (Å²) in [7, 11) is 0. The van der Waals surface area contributed by atoms with E-state index in [9.17, 15) is 9.18 Å². The predicted octanol–water partition coefficient (Wildman–Crippen LogP) is 3.46. The van der Waals surface area contributed by atoms with Crippen molar-refractivity contribution in [2.45, 2.75) is 11.8 Å².